The molecular formula is C25H32FN5O2. The van der Waals surface area contributed by atoms with Crippen molar-refractivity contribution in [2.24, 2.45) is 11.7 Å². The zero-order valence-corrected chi connectivity index (χ0v) is 18.9. The smallest absolute Gasteiger partial charge is 0.241 e. The van der Waals surface area contributed by atoms with Crippen molar-refractivity contribution in [2.45, 2.75) is 75.2 Å². The molecule has 5 atom stereocenters. The Labute approximate surface area is 194 Å². The van der Waals surface area contributed by atoms with E-state index in [0.29, 0.717) is 32.0 Å². The van der Waals surface area contributed by atoms with Crippen molar-refractivity contribution in [3.8, 4) is 6.07 Å². The second-order valence-electron chi connectivity index (χ2n) is 10.1. The first-order valence-corrected chi connectivity index (χ1v) is 12.3. The normalized spacial score (nSPS) is 29.6. The summed E-state index contributed by atoms with van der Waals surface area (Å²) in [5.41, 5.74) is 7.28. The monoisotopic (exact) mass is 453 g/mol. The van der Waals surface area contributed by atoms with Crippen molar-refractivity contribution in [2.75, 3.05) is 19.6 Å². The predicted molar refractivity (Wildman–Crippen MR) is 120 cm³/mol. The number of carbonyl (C=O) groups excluding carboxylic acids is 2. The van der Waals surface area contributed by atoms with Crippen LogP contribution in [0.4, 0.5) is 4.39 Å². The van der Waals surface area contributed by atoms with Crippen molar-refractivity contribution in [1.29, 1.82) is 5.26 Å². The first-order chi connectivity index (χ1) is 16.0. The topological polar surface area (TPSA) is 93.7 Å². The van der Waals surface area contributed by atoms with E-state index in [1.54, 1.807) is 4.90 Å². The largest absolute Gasteiger partial charge is 0.330 e. The molecule has 176 valence electrons. The van der Waals surface area contributed by atoms with E-state index in [2.05, 4.69) is 15.9 Å². The molecule has 0 spiro atoms. The first kappa shape index (κ1) is 22.3. The number of hydrogen-bond donors (Lipinski definition) is 1. The van der Waals surface area contributed by atoms with Crippen LogP contribution in [0.3, 0.4) is 0 Å². The molecule has 4 fully saturated rings. The Morgan fingerprint density at radius 3 is 2.58 bits per heavy atom. The standard InChI is InChI=1S/C25H32FN5O2/c26-18-9-7-17(8-10-18)23(16-4-1-2-5-16)31-20-12-22(25(31)33)29(14-20)15-21(28)24(32)30-11-3-6-19(30)13-27/h7-10,16,19-23H,1-6,11-12,14-15,28H2/t19?,20?,21?,22-,23?/m0/s1. The Balaban J connectivity index is 1.29. The molecule has 3 heterocycles. The van der Waals surface area contributed by atoms with E-state index in [9.17, 15) is 19.2 Å². The second kappa shape index (κ2) is 9.03. The van der Waals surface area contributed by atoms with Gasteiger partial charge in [-0.3, -0.25) is 14.5 Å². The molecule has 1 aliphatic carbocycles. The van der Waals surface area contributed by atoms with Gasteiger partial charge >= 0.3 is 0 Å². The number of nitrogens with two attached hydrogens (primary N) is 1. The lowest BCUT2D eigenvalue weighted by molar-refractivity contribution is -0.142. The zero-order chi connectivity index (χ0) is 23.1. The van der Waals surface area contributed by atoms with Crippen LogP contribution in [0, 0.1) is 23.1 Å². The summed E-state index contributed by atoms with van der Waals surface area (Å²) >= 11 is 0. The van der Waals surface area contributed by atoms with Crippen LogP contribution in [0.5, 0.6) is 0 Å². The maximum absolute atomic E-state index is 13.6. The third-order valence-electron chi connectivity index (χ3n) is 8.11. The molecule has 4 aliphatic rings. The molecule has 2 bridgehead atoms. The molecule has 1 aromatic carbocycles. The maximum atomic E-state index is 13.6. The fraction of sp³-hybridized carbons (Fsp3) is 0.640. The van der Waals surface area contributed by atoms with E-state index in [1.165, 1.54) is 25.0 Å². The van der Waals surface area contributed by atoms with Gasteiger partial charge in [-0.2, -0.15) is 5.26 Å². The summed E-state index contributed by atoms with van der Waals surface area (Å²) in [7, 11) is 0. The second-order valence-corrected chi connectivity index (χ2v) is 10.1. The summed E-state index contributed by atoms with van der Waals surface area (Å²) in [4.78, 5) is 32.1. The predicted octanol–water partition coefficient (Wildman–Crippen LogP) is 2.18. The van der Waals surface area contributed by atoms with Gasteiger partial charge in [-0.1, -0.05) is 25.0 Å². The van der Waals surface area contributed by atoms with Crippen LogP contribution < -0.4 is 5.73 Å². The number of likely N-dealkylation sites (tertiary alicyclic amines) is 3. The van der Waals surface area contributed by atoms with Crippen molar-refractivity contribution in [1.82, 2.24) is 14.7 Å². The van der Waals surface area contributed by atoms with Crippen LogP contribution >= 0.6 is 0 Å². The molecule has 1 saturated carbocycles. The molecule has 3 saturated heterocycles. The van der Waals surface area contributed by atoms with Crippen molar-refractivity contribution >= 4 is 11.8 Å². The van der Waals surface area contributed by atoms with E-state index < -0.39 is 12.1 Å². The van der Waals surface area contributed by atoms with Crippen LogP contribution in [0.15, 0.2) is 24.3 Å². The van der Waals surface area contributed by atoms with Gasteiger partial charge < -0.3 is 15.5 Å². The lowest BCUT2D eigenvalue weighted by atomic mass is 9.89. The van der Waals surface area contributed by atoms with E-state index >= 15 is 0 Å². The van der Waals surface area contributed by atoms with Crippen molar-refractivity contribution in [3.05, 3.63) is 35.6 Å². The van der Waals surface area contributed by atoms with Crippen LogP contribution in [-0.2, 0) is 9.59 Å². The molecular weight excluding hydrogens is 421 g/mol. The molecule has 33 heavy (non-hydrogen) atoms. The fourth-order valence-corrected chi connectivity index (χ4v) is 6.56. The maximum Gasteiger partial charge on any atom is 0.241 e. The SMILES string of the molecule is N#CC1CCCN1C(=O)C(N)CN1CC2C[C@H]1C(=O)N2C(c1ccc(F)cc1)C1CCCC1. The van der Waals surface area contributed by atoms with Gasteiger partial charge in [0.2, 0.25) is 11.8 Å². The molecule has 5 rings (SSSR count). The first-order valence-electron chi connectivity index (χ1n) is 12.3. The Kier molecular flexibility index (Phi) is 6.11. The van der Waals surface area contributed by atoms with E-state index in [-0.39, 0.29) is 35.8 Å². The quantitative estimate of drug-likeness (QED) is 0.713. The lowest BCUT2D eigenvalue weighted by Gasteiger charge is -2.42. The molecule has 0 radical (unpaired) electrons. The third-order valence-corrected chi connectivity index (χ3v) is 8.11. The molecule has 4 unspecified atom stereocenters. The third kappa shape index (κ3) is 4.02. The van der Waals surface area contributed by atoms with Crippen LogP contribution in [0.2, 0.25) is 0 Å². The zero-order valence-electron chi connectivity index (χ0n) is 18.9. The molecule has 1 aromatic rings. The van der Waals surface area contributed by atoms with Gasteiger partial charge in [0.1, 0.15) is 11.9 Å². The molecule has 2 N–H and O–H groups in total. The molecule has 0 aromatic heterocycles. The number of hydrogen-bond acceptors (Lipinski definition) is 5. The minimum atomic E-state index is -0.734. The van der Waals surface area contributed by atoms with Gasteiger partial charge in [0, 0.05) is 25.7 Å². The highest BCUT2D eigenvalue weighted by molar-refractivity contribution is 5.87. The van der Waals surface area contributed by atoms with Gasteiger partial charge in [0.05, 0.1) is 24.2 Å². The highest BCUT2D eigenvalue weighted by Gasteiger charge is 2.53. The number of piperazine rings is 1. The Hall–Kier alpha value is -2.50. The molecule has 8 heteroatoms. The number of amides is 2. The molecule has 2 amide bonds. The van der Waals surface area contributed by atoms with Gasteiger partial charge in [0.15, 0.2) is 0 Å². The van der Waals surface area contributed by atoms with Crippen molar-refractivity contribution < 1.29 is 14.0 Å². The van der Waals surface area contributed by atoms with Gasteiger partial charge in [-0.05, 0) is 55.7 Å². The average Bonchev–Trinajstić information content (AvgIpc) is 3.60. The number of halogens is 1. The number of nitrogens with zero attached hydrogens (tertiary/aromatic N) is 4. The summed E-state index contributed by atoms with van der Waals surface area (Å²) in [6, 6.07) is 7.49. The summed E-state index contributed by atoms with van der Waals surface area (Å²) in [6.07, 6.45) is 6.77. The summed E-state index contributed by atoms with van der Waals surface area (Å²) in [5.74, 6) is 0.0401. The number of rotatable bonds is 6. The van der Waals surface area contributed by atoms with E-state index in [0.717, 1.165) is 31.2 Å². The van der Waals surface area contributed by atoms with Gasteiger partial charge in [-0.15, -0.1) is 0 Å². The summed E-state index contributed by atoms with van der Waals surface area (Å²) in [5, 5.41) is 9.29. The fourth-order valence-electron chi connectivity index (χ4n) is 6.56. The minimum absolute atomic E-state index is 0.0194. The average molecular weight is 454 g/mol. The molecule has 7 nitrogen and oxygen atoms in total. The highest BCUT2D eigenvalue weighted by atomic mass is 19.1. The number of benzene rings is 1. The van der Waals surface area contributed by atoms with Crippen LogP contribution in [0.1, 0.15) is 56.6 Å². The van der Waals surface area contributed by atoms with E-state index in [4.69, 9.17) is 5.73 Å². The van der Waals surface area contributed by atoms with Crippen LogP contribution in [0.25, 0.3) is 0 Å². The summed E-state index contributed by atoms with van der Waals surface area (Å²) < 4.78 is 13.6. The Bertz CT molecular complexity index is 941. The van der Waals surface area contributed by atoms with Crippen LogP contribution in [-0.4, -0.2) is 70.3 Å². The molecule has 3 aliphatic heterocycles. The lowest BCUT2D eigenvalue weighted by Crippen LogP contribution is -2.57. The number of carbonyl (C=O) groups is 2. The Morgan fingerprint density at radius 1 is 1.18 bits per heavy atom. The van der Waals surface area contributed by atoms with Gasteiger partial charge in [0.25, 0.3) is 0 Å². The highest BCUT2D eigenvalue weighted by Crippen LogP contribution is 2.45. The summed E-state index contributed by atoms with van der Waals surface area (Å²) in [6.45, 7) is 1.60. The number of nitriles is 1. The van der Waals surface area contributed by atoms with Crippen molar-refractivity contribution in [3.63, 3.8) is 0 Å². The number of fused-ring (bicyclic) bond motifs is 2. The Morgan fingerprint density at radius 2 is 1.91 bits per heavy atom. The van der Waals surface area contributed by atoms with E-state index in [1.807, 2.05) is 12.1 Å². The minimum Gasteiger partial charge on any atom is -0.330 e. The van der Waals surface area contributed by atoms with Gasteiger partial charge in [-0.25, -0.2) is 4.39 Å².